The van der Waals surface area contributed by atoms with E-state index in [1.165, 1.54) is 10.8 Å². The third-order valence-electron chi connectivity index (χ3n) is 1.71. The molecule has 15 heavy (non-hydrogen) atoms. The van der Waals surface area contributed by atoms with Crippen molar-refractivity contribution in [2.24, 2.45) is 12.2 Å². The first-order valence-electron chi connectivity index (χ1n) is 3.69. The number of hydrogen-bond acceptors (Lipinski definition) is 2. The molecular formula is C8H8F3IN2O. The van der Waals surface area contributed by atoms with Gasteiger partial charge in [0.2, 0.25) is 5.69 Å². The monoisotopic (exact) mass is 332 g/mol. The van der Waals surface area contributed by atoms with Gasteiger partial charge in [-0.2, -0.15) is 13.2 Å². The lowest BCUT2D eigenvalue weighted by Gasteiger charge is -2.05. The van der Waals surface area contributed by atoms with E-state index in [0.29, 0.717) is 0 Å². The van der Waals surface area contributed by atoms with Crippen molar-refractivity contribution in [3.05, 3.63) is 29.6 Å². The lowest BCUT2D eigenvalue weighted by atomic mass is 10.2. The lowest BCUT2D eigenvalue weighted by Crippen LogP contribution is -3.00. The quantitative estimate of drug-likeness (QED) is 0.216. The summed E-state index contributed by atoms with van der Waals surface area (Å²) in [5.74, 6) is 0. The molecule has 1 rings (SSSR count). The second-order valence-electron chi connectivity index (χ2n) is 2.69. The van der Waals surface area contributed by atoms with Gasteiger partial charge in [-0.25, -0.2) is 4.57 Å². The molecule has 0 spiro atoms. The van der Waals surface area contributed by atoms with Gasteiger partial charge >= 0.3 is 6.18 Å². The lowest BCUT2D eigenvalue weighted by molar-refractivity contribution is -0.672. The van der Waals surface area contributed by atoms with Gasteiger partial charge in [-0.15, -0.1) is 0 Å². The van der Waals surface area contributed by atoms with Crippen molar-refractivity contribution in [1.29, 1.82) is 0 Å². The second kappa shape index (κ2) is 5.29. The van der Waals surface area contributed by atoms with Gasteiger partial charge < -0.3 is 29.2 Å². The average Bonchev–Trinajstić information content (AvgIpc) is 2.07. The molecule has 0 atom stereocenters. The first kappa shape index (κ1) is 14.1. The van der Waals surface area contributed by atoms with Crippen molar-refractivity contribution in [3.63, 3.8) is 0 Å². The molecule has 1 heterocycles. The summed E-state index contributed by atoms with van der Waals surface area (Å²) < 4.78 is 38.1. The third kappa shape index (κ3) is 3.65. The van der Waals surface area contributed by atoms with Gasteiger partial charge in [0.05, 0.1) is 5.56 Å². The van der Waals surface area contributed by atoms with Crippen LogP contribution in [0.4, 0.5) is 13.2 Å². The molecule has 84 valence electrons. The Morgan fingerprint density at radius 1 is 1.47 bits per heavy atom. The molecular weight excluding hydrogens is 324 g/mol. The Morgan fingerprint density at radius 3 is 2.53 bits per heavy atom. The maximum absolute atomic E-state index is 12.2. The van der Waals surface area contributed by atoms with E-state index in [0.717, 1.165) is 18.3 Å². The molecule has 3 nitrogen and oxygen atoms in total. The van der Waals surface area contributed by atoms with Gasteiger partial charge in [-0.3, -0.25) is 0 Å². The van der Waals surface area contributed by atoms with Crippen LogP contribution in [-0.2, 0) is 13.2 Å². The first-order chi connectivity index (χ1) is 6.45. The number of pyridine rings is 1. The van der Waals surface area contributed by atoms with Crippen LogP contribution in [0.2, 0.25) is 0 Å². The van der Waals surface area contributed by atoms with Crippen LogP contribution in [0.25, 0.3) is 0 Å². The standard InChI is InChI=1S/C8H7F3N2O.HI/c1-13-3-2-6(8(9,10)11)4-7(13)5-12-14;/h2-5H,1H3;1H. The van der Waals surface area contributed by atoms with E-state index < -0.39 is 11.7 Å². The van der Waals surface area contributed by atoms with Crippen molar-refractivity contribution in [2.75, 3.05) is 0 Å². The predicted molar refractivity (Wildman–Crippen MR) is 42.0 cm³/mol. The fraction of sp³-hybridized carbons (Fsp3) is 0.250. The summed E-state index contributed by atoms with van der Waals surface area (Å²) >= 11 is 0. The summed E-state index contributed by atoms with van der Waals surface area (Å²) in [6.45, 7) is 0. The van der Waals surface area contributed by atoms with Crippen LogP contribution in [0, 0.1) is 0 Å². The summed E-state index contributed by atoms with van der Waals surface area (Å²) in [6.07, 6.45) is -2.19. The zero-order chi connectivity index (χ0) is 10.8. The Balaban J connectivity index is 0.00000196. The van der Waals surface area contributed by atoms with Crippen LogP contribution < -0.4 is 28.5 Å². The maximum atomic E-state index is 12.2. The highest BCUT2D eigenvalue weighted by molar-refractivity contribution is 5.74. The molecule has 1 N–H and O–H groups in total. The topological polar surface area (TPSA) is 36.5 Å². The minimum absolute atomic E-state index is 0. The van der Waals surface area contributed by atoms with Crippen molar-refractivity contribution in [1.82, 2.24) is 0 Å². The van der Waals surface area contributed by atoms with Gasteiger partial charge in [-0.05, 0) is 0 Å². The number of oxime groups is 1. The van der Waals surface area contributed by atoms with Gasteiger partial charge in [-0.1, -0.05) is 5.16 Å². The predicted octanol–water partition coefficient (Wildman–Crippen LogP) is -1.66. The molecule has 1 aromatic heterocycles. The SMILES string of the molecule is C[n+]1ccc(C(F)(F)F)cc1/C=N/O.[I-]. The van der Waals surface area contributed by atoms with Crippen LogP contribution >= 0.6 is 0 Å². The molecule has 0 aliphatic heterocycles. The molecule has 0 aliphatic carbocycles. The summed E-state index contributed by atoms with van der Waals surface area (Å²) in [7, 11) is 1.55. The number of aryl methyl sites for hydroxylation is 1. The molecule has 7 heteroatoms. The normalized spacial score (nSPS) is 11.5. The molecule has 1 aromatic rings. The number of rotatable bonds is 1. The Morgan fingerprint density at radius 2 is 2.07 bits per heavy atom. The molecule has 0 amide bonds. The molecule has 0 saturated carbocycles. The number of halogens is 4. The van der Waals surface area contributed by atoms with Crippen LogP contribution in [0.15, 0.2) is 23.5 Å². The van der Waals surface area contributed by atoms with E-state index in [2.05, 4.69) is 5.16 Å². The number of nitrogens with zero attached hydrogens (tertiary/aromatic N) is 2. The fourth-order valence-corrected chi connectivity index (χ4v) is 0.951. The van der Waals surface area contributed by atoms with Gasteiger partial charge in [0, 0.05) is 12.1 Å². The number of aromatic nitrogens is 1. The summed E-state index contributed by atoms with van der Waals surface area (Å²) in [6, 6.07) is 1.86. The van der Waals surface area contributed by atoms with Gasteiger partial charge in [0.1, 0.15) is 13.3 Å². The van der Waals surface area contributed by atoms with Crippen LogP contribution in [0.3, 0.4) is 0 Å². The Kier molecular flexibility index (Phi) is 4.98. The van der Waals surface area contributed by atoms with E-state index in [9.17, 15) is 13.2 Å². The fourth-order valence-electron chi connectivity index (χ4n) is 0.951. The van der Waals surface area contributed by atoms with E-state index in [1.54, 1.807) is 7.05 Å². The van der Waals surface area contributed by atoms with Crippen LogP contribution in [0.1, 0.15) is 11.3 Å². The molecule has 0 unspecified atom stereocenters. The van der Waals surface area contributed by atoms with Crippen molar-refractivity contribution in [3.8, 4) is 0 Å². The molecule has 0 fully saturated rings. The van der Waals surface area contributed by atoms with Crippen LogP contribution in [0.5, 0.6) is 0 Å². The summed E-state index contributed by atoms with van der Waals surface area (Å²) in [5.41, 5.74) is -0.604. The third-order valence-corrected chi connectivity index (χ3v) is 1.71. The largest absolute Gasteiger partial charge is 1.00 e. The highest BCUT2D eigenvalue weighted by Crippen LogP contribution is 2.28. The van der Waals surface area contributed by atoms with Gasteiger partial charge in [0.25, 0.3) is 0 Å². The van der Waals surface area contributed by atoms with Crippen molar-refractivity contribution < 1.29 is 46.9 Å². The molecule has 0 aromatic carbocycles. The Hall–Kier alpha value is -0.860. The van der Waals surface area contributed by atoms with Crippen molar-refractivity contribution in [2.45, 2.75) is 6.18 Å². The second-order valence-corrected chi connectivity index (χ2v) is 2.69. The molecule has 0 radical (unpaired) electrons. The summed E-state index contributed by atoms with van der Waals surface area (Å²) in [4.78, 5) is 0. The highest BCUT2D eigenvalue weighted by atomic mass is 127. The van der Waals surface area contributed by atoms with E-state index in [4.69, 9.17) is 5.21 Å². The number of hydrogen-bond donors (Lipinski definition) is 1. The first-order valence-corrected chi connectivity index (χ1v) is 3.69. The molecule has 0 aliphatic rings. The van der Waals surface area contributed by atoms with Gasteiger partial charge in [0.15, 0.2) is 6.20 Å². The maximum Gasteiger partial charge on any atom is 0.416 e. The Labute approximate surface area is 101 Å². The Bertz CT molecular complexity index is 365. The number of alkyl halides is 3. The zero-order valence-electron chi connectivity index (χ0n) is 7.66. The highest BCUT2D eigenvalue weighted by Gasteiger charge is 2.32. The van der Waals surface area contributed by atoms with E-state index in [-0.39, 0.29) is 29.7 Å². The smallest absolute Gasteiger partial charge is 0.416 e. The van der Waals surface area contributed by atoms with Crippen molar-refractivity contribution >= 4 is 6.21 Å². The van der Waals surface area contributed by atoms with E-state index in [1.807, 2.05) is 0 Å². The molecule has 0 bridgehead atoms. The minimum atomic E-state index is -4.38. The molecule has 0 saturated heterocycles. The van der Waals surface area contributed by atoms with Crippen LogP contribution in [-0.4, -0.2) is 11.4 Å². The zero-order valence-corrected chi connectivity index (χ0v) is 9.82. The average molecular weight is 332 g/mol. The minimum Gasteiger partial charge on any atom is -1.00 e. The van der Waals surface area contributed by atoms with E-state index >= 15 is 0 Å². The summed E-state index contributed by atoms with van der Waals surface area (Å²) in [5, 5.41) is 10.9.